The Labute approximate surface area is 166 Å². The Bertz CT molecular complexity index is 823. The zero-order valence-electron chi connectivity index (χ0n) is 17.1. The second-order valence-corrected chi connectivity index (χ2v) is 8.40. The van der Waals surface area contributed by atoms with Gasteiger partial charge in [0.2, 0.25) is 10.0 Å². The molecule has 0 spiro atoms. The van der Waals surface area contributed by atoms with Crippen LogP contribution >= 0.6 is 0 Å². The topological polar surface area (TPSA) is 102 Å². The molecule has 8 nitrogen and oxygen atoms in total. The number of nitrogens with zero attached hydrogens (tertiary/aromatic N) is 1. The molecule has 0 unspecified atom stereocenters. The van der Waals surface area contributed by atoms with Crippen molar-refractivity contribution in [1.82, 2.24) is 9.62 Å². The molecule has 9 heteroatoms. The monoisotopic (exact) mass is 412 g/mol. The molecule has 0 saturated carbocycles. The first kappa shape index (κ1) is 23.6. The van der Waals surface area contributed by atoms with Crippen molar-refractivity contribution in [2.45, 2.75) is 44.7 Å². The van der Waals surface area contributed by atoms with Gasteiger partial charge in [0.05, 0.1) is 7.11 Å². The number of nitrogens with one attached hydrogen (secondary N) is 1. The number of carbonyl (C=O) groups is 2. The van der Waals surface area contributed by atoms with Crippen molar-refractivity contribution >= 4 is 28.0 Å². The Morgan fingerprint density at radius 1 is 1.18 bits per heavy atom. The minimum atomic E-state index is -3.72. The van der Waals surface area contributed by atoms with Gasteiger partial charge in [-0.15, -0.1) is 0 Å². The van der Waals surface area contributed by atoms with Crippen molar-refractivity contribution in [1.29, 1.82) is 0 Å². The summed E-state index contributed by atoms with van der Waals surface area (Å²) in [4.78, 5) is 25.7. The third-order valence-electron chi connectivity index (χ3n) is 3.90. The lowest BCUT2D eigenvalue weighted by Crippen LogP contribution is -2.44. The van der Waals surface area contributed by atoms with Gasteiger partial charge in [-0.2, -0.15) is 0 Å². The lowest BCUT2D eigenvalue weighted by Gasteiger charge is -2.30. The van der Waals surface area contributed by atoms with Gasteiger partial charge in [-0.05, 0) is 58.5 Å². The lowest BCUT2D eigenvalue weighted by molar-refractivity contribution is -0.150. The van der Waals surface area contributed by atoms with Gasteiger partial charge in [0, 0.05) is 18.2 Å². The summed E-state index contributed by atoms with van der Waals surface area (Å²) in [5.41, 5.74) is 0.462. The minimum absolute atomic E-state index is 0.00594. The van der Waals surface area contributed by atoms with Gasteiger partial charge in [-0.3, -0.25) is 4.79 Å². The molecule has 28 heavy (non-hydrogen) atoms. The molecule has 0 aliphatic carbocycles. The normalized spacial score (nSPS) is 11.9. The van der Waals surface area contributed by atoms with Crippen LogP contribution < -0.4 is 9.46 Å². The predicted molar refractivity (Wildman–Crippen MR) is 106 cm³/mol. The van der Waals surface area contributed by atoms with Crippen LogP contribution in [0.3, 0.4) is 0 Å². The van der Waals surface area contributed by atoms with Crippen LogP contribution in [0.4, 0.5) is 0 Å². The molecule has 1 aromatic rings. The Morgan fingerprint density at radius 3 is 2.29 bits per heavy atom. The molecule has 1 rings (SSSR count). The summed E-state index contributed by atoms with van der Waals surface area (Å²) < 4.78 is 36.4. The van der Waals surface area contributed by atoms with E-state index in [2.05, 4.69) is 4.72 Å². The average molecular weight is 413 g/mol. The second-order valence-electron chi connectivity index (χ2n) is 6.55. The van der Waals surface area contributed by atoms with E-state index in [-0.39, 0.29) is 35.2 Å². The van der Waals surface area contributed by atoms with Gasteiger partial charge < -0.3 is 14.4 Å². The number of carbonyl (C=O) groups excluding carboxylic acids is 2. The molecule has 0 heterocycles. The Kier molecular flexibility index (Phi) is 8.64. The van der Waals surface area contributed by atoms with Gasteiger partial charge in [0.15, 0.2) is 6.61 Å². The summed E-state index contributed by atoms with van der Waals surface area (Å²) >= 11 is 0. The third-order valence-corrected chi connectivity index (χ3v) is 5.33. The molecule has 0 saturated heterocycles. The number of ether oxygens (including phenoxy) is 2. The smallest absolute Gasteiger partial charge is 0.331 e. The molecular weight excluding hydrogens is 384 g/mol. The highest BCUT2D eigenvalue weighted by Gasteiger charge is 2.21. The van der Waals surface area contributed by atoms with E-state index in [4.69, 9.17) is 9.47 Å². The predicted octanol–water partition coefficient (Wildman–Crippen LogP) is 1.81. The zero-order chi connectivity index (χ0) is 21.5. The lowest BCUT2D eigenvalue weighted by atomic mass is 10.2. The molecule has 0 fully saturated rings. The highest BCUT2D eigenvalue weighted by Crippen LogP contribution is 2.25. The summed E-state index contributed by atoms with van der Waals surface area (Å²) in [7, 11) is -1.06. The van der Waals surface area contributed by atoms with E-state index in [0.29, 0.717) is 5.56 Å². The Hall–Kier alpha value is -2.39. The molecule has 1 N–H and O–H groups in total. The highest BCUT2D eigenvalue weighted by molar-refractivity contribution is 7.89. The molecule has 0 aromatic heterocycles. The van der Waals surface area contributed by atoms with Crippen LogP contribution in [0.1, 0.15) is 33.3 Å². The minimum Gasteiger partial charge on any atom is -0.495 e. The molecule has 1 amide bonds. The van der Waals surface area contributed by atoms with Crippen molar-refractivity contribution in [3.05, 3.63) is 29.8 Å². The van der Waals surface area contributed by atoms with E-state index < -0.39 is 16.0 Å². The summed E-state index contributed by atoms with van der Waals surface area (Å²) in [6.45, 7) is 7.20. The van der Waals surface area contributed by atoms with Gasteiger partial charge in [0.1, 0.15) is 10.6 Å². The van der Waals surface area contributed by atoms with Crippen molar-refractivity contribution in [3.8, 4) is 5.75 Å². The van der Waals surface area contributed by atoms with Gasteiger partial charge in [-0.25, -0.2) is 17.9 Å². The van der Waals surface area contributed by atoms with Gasteiger partial charge in [-0.1, -0.05) is 6.07 Å². The Balaban J connectivity index is 2.85. The maximum Gasteiger partial charge on any atom is 0.331 e. The first-order valence-electron chi connectivity index (χ1n) is 8.81. The van der Waals surface area contributed by atoms with Crippen molar-refractivity contribution in [2.24, 2.45) is 0 Å². The summed E-state index contributed by atoms with van der Waals surface area (Å²) in [5.74, 6) is -0.796. The van der Waals surface area contributed by atoms with Crippen molar-refractivity contribution in [2.75, 3.05) is 20.8 Å². The molecule has 0 aliphatic rings. The first-order valence-corrected chi connectivity index (χ1v) is 10.3. The standard InChI is InChI=1S/C19H28N2O6S/c1-13(2)21(14(3)4)18(22)12-27-19(23)10-8-15-7-9-16(26-6)17(11-15)28(24,25)20-5/h7-11,13-14,20H,12H2,1-6H3/b10-8+. The largest absolute Gasteiger partial charge is 0.495 e. The quantitative estimate of drug-likeness (QED) is 0.490. The average Bonchev–Trinajstić information content (AvgIpc) is 2.63. The molecule has 0 bridgehead atoms. The summed E-state index contributed by atoms with van der Waals surface area (Å²) in [6.07, 6.45) is 2.55. The van der Waals surface area contributed by atoms with Crippen LogP contribution in [0.15, 0.2) is 29.2 Å². The number of benzene rings is 1. The van der Waals surface area contributed by atoms with E-state index >= 15 is 0 Å². The first-order chi connectivity index (χ1) is 13.0. The maximum absolute atomic E-state index is 12.2. The SMILES string of the molecule is CNS(=O)(=O)c1cc(/C=C/C(=O)OCC(=O)N(C(C)C)C(C)C)ccc1OC. The summed E-state index contributed by atoms with van der Waals surface area (Å²) in [5, 5.41) is 0. The third kappa shape index (κ3) is 6.35. The van der Waals surface area contributed by atoms with E-state index in [1.807, 2.05) is 27.7 Å². The molecule has 0 atom stereocenters. The molecule has 0 radical (unpaired) electrons. The number of hydrogen-bond acceptors (Lipinski definition) is 6. The van der Waals surface area contributed by atoms with Gasteiger partial charge in [0.25, 0.3) is 5.91 Å². The number of esters is 1. The number of hydrogen-bond donors (Lipinski definition) is 1. The fourth-order valence-corrected chi connectivity index (χ4v) is 3.64. The van der Waals surface area contributed by atoms with Gasteiger partial charge >= 0.3 is 5.97 Å². The molecule has 156 valence electrons. The Morgan fingerprint density at radius 2 is 1.79 bits per heavy atom. The molecular formula is C19H28N2O6S. The zero-order valence-corrected chi connectivity index (χ0v) is 17.9. The molecule has 0 aliphatic heterocycles. The second kappa shape index (κ2) is 10.2. The number of rotatable bonds is 9. The van der Waals surface area contributed by atoms with Crippen LogP contribution in [0.5, 0.6) is 5.75 Å². The van der Waals surface area contributed by atoms with Crippen molar-refractivity contribution in [3.63, 3.8) is 0 Å². The van der Waals surface area contributed by atoms with Crippen LogP contribution in [-0.4, -0.2) is 58.0 Å². The van der Waals surface area contributed by atoms with E-state index in [1.54, 1.807) is 11.0 Å². The summed E-state index contributed by atoms with van der Waals surface area (Å²) in [6, 6.07) is 4.45. The fraction of sp³-hybridized carbons (Fsp3) is 0.474. The van der Waals surface area contributed by atoms with E-state index in [9.17, 15) is 18.0 Å². The fourth-order valence-electron chi connectivity index (χ4n) is 2.71. The molecule has 1 aromatic carbocycles. The van der Waals surface area contributed by atoms with Crippen LogP contribution in [0.25, 0.3) is 6.08 Å². The van der Waals surface area contributed by atoms with E-state index in [1.165, 1.54) is 32.4 Å². The van der Waals surface area contributed by atoms with Crippen LogP contribution in [0, 0.1) is 0 Å². The van der Waals surface area contributed by atoms with Crippen LogP contribution in [-0.2, 0) is 24.3 Å². The van der Waals surface area contributed by atoms with Crippen LogP contribution in [0.2, 0.25) is 0 Å². The maximum atomic E-state index is 12.2. The van der Waals surface area contributed by atoms with Crippen molar-refractivity contribution < 1.29 is 27.5 Å². The number of amides is 1. The number of methoxy groups -OCH3 is 1. The number of sulfonamides is 1. The van der Waals surface area contributed by atoms with E-state index in [0.717, 1.165) is 6.08 Å². The highest BCUT2D eigenvalue weighted by atomic mass is 32.2.